The van der Waals surface area contributed by atoms with E-state index in [-0.39, 0.29) is 24.2 Å². The third kappa shape index (κ3) is 4.62. The zero-order chi connectivity index (χ0) is 16.9. The van der Waals surface area contributed by atoms with E-state index < -0.39 is 0 Å². The average molecular weight is 384 g/mol. The first-order valence-corrected chi connectivity index (χ1v) is 8.78. The lowest BCUT2D eigenvalue weighted by Crippen LogP contribution is -2.34. The van der Waals surface area contributed by atoms with Crippen LogP contribution in [0.25, 0.3) is 11.3 Å². The van der Waals surface area contributed by atoms with Crippen LogP contribution in [-0.2, 0) is 4.79 Å². The summed E-state index contributed by atoms with van der Waals surface area (Å²) in [6.07, 6.45) is 1.75. The Balaban J connectivity index is 0.00000225. The van der Waals surface area contributed by atoms with Crippen molar-refractivity contribution in [2.45, 2.75) is 12.8 Å². The molecule has 0 unspecified atom stereocenters. The van der Waals surface area contributed by atoms with Gasteiger partial charge in [0.1, 0.15) is 0 Å². The molecule has 3 rings (SSSR count). The predicted octanol–water partition coefficient (Wildman–Crippen LogP) is 3.19. The van der Waals surface area contributed by atoms with Crippen molar-refractivity contribution in [3.8, 4) is 22.8 Å². The minimum atomic E-state index is 0. The Bertz CT molecular complexity index is 717. The van der Waals surface area contributed by atoms with Crippen molar-refractivity contribution in [1.82, 2.24) is 10.3 Å². The summed E-state index contributed by atoms with van der Waals surface area (Å²) in [6, 6.07) is 5.65. The van der Waals surface area contributed by atoms with Crippen molar-refractivity contribution in [3.63, 3.8) is 0 Å². The number of thiazole rings is 1. The molecule has 136 valence electrons. The summed E-state index contributed by atoms with van der Waals surface area (Å²) in [6.45, 7) is 1.79. The number of hydrogen-bond acceptors (Lipinski definition) is 6. The zero-order valence-electron chi connectivity index (χ0n) is 14.2. The molecule has 6 nitrogen and oxygen atoms in total. The van der Waals surface area contributed by atoms with Gasteiger partial charge in [-0.2, -0.15) is 0 Å². The summed E-state index contributed by atoms with van der Waals surface area (Å²) in [5.74, 6) is 1.46. The van der Waals surface area contributed by atoms with E-state index in [0.29, 0.717) is 16.6 Å². The molecule has 2 heterocycles. The summed E-state index contributed by atoms with van der Waals surface area (Å²) in [5, 5.41) is 8.76. The molecule has 0 bridgehead atoms. The second-order valence-electron chi connectivity index (χ2n) is 5.62. The smallest absolute Gasteiger partial charge is 0.229 e. The van der Waals surface area contributed by atoms with E-state index in [2.05, 4.69) is 15.6 Å². The third-order valence-corrected chi connectivity index (χ3v) is 4.88. The van der Waals surface area contributed by atoms with E-state index in [9.17, 15) is 4.79 Å². The van der Waals surface area contributed by atoms with Gasteiger partial charge in [-0.25, -0.2) is 4.98 Å². The van der Waals surface area contributed by atoms with E-state index in [0.717, 1.165) is 37.2 Å². The maximum absolute atomic E-state index is 12.3. The molecule has 0 atom stereocenters. The first-order chi connectivity index (χ1) is 11.7. The van der Waals surface area contributed by atoms with Crippen molar-refractivity contribution in [2.75, 3.05) is 32.6 Å². The number of rotatable bonds is 5. The molecule has 0 saturated carbocycles. The zero-order valence-corrected chi connectivity index (χ0v) is 15.8. The van der Waals surface area contributed by atoms with E-state index in [1.165, 1.54) is 11.3 Å². The van der Waals surface area contributed by atoms with Crippen LogP contribution in [-0.4, -0.2) is 38.2 Å². The summed E-state index contributed by atoms with van der Waals surface area (Å²) >= 11 is 1.43. The van der Waals surface area contributed by atoms with E-state index >= 15 is 0 Å². The van der Waals surface area contributed by atoms with Gasteiger partial charge >= 0.3 is 0 Å². The van der Waals surface area contributed by atoms with Gasteiger partial charge in [-0.3, -0.25) is 4.79 Å². The van der Waals surface area contributed by atoms with Crippen molar-refractivity contribution >= 4 is 34.8 Å². The van der Waals surface area contributed by atoms with Crippen LogP contribution >= 0.6 is 23.7 Å². The monoisotopic (exact) mass is 383 g/mol. The number of amides is 1. The number of anilines is 1. The van der Waals surface area contributed by atoms with Crippen LogP contribution in [0.3, 0.4) is 0 Å². The number of aromatic nitrogens is 1. The molecule has 25 heavy (non-hydrogen) atoms. The highest BCUT2D eigenvalue weighted by Gasteiger charge is 2.21. The molecular formula is C17H22ClN3O3S. The maximum atomic E-state index is 12.3. The Kier molecular flexibility index (Phi) is 7.04. The number of methoxy groups -OCH3 is 2. The summed E-state index contributed by atoms with van der Waals surface area (Å²) < 4.78 is 10.6. The van der Waals surface area contributed by atoms with Crippen molar-refractivity contribution in [2.24, 2.45) is 5.92 Å². The highest BCUT2D eigenvalue weighted by atomic mass is 35.5. The summed E-state index contributed by atoms with van der Waals surface area (Å²) in [4.78, 5) is 16.8. The molecule has 1 aromatic carbocycles. The van der Waals surface area contributed by atoms with Crippen LogP contribution < -0.4 is 20.1 Å². The molecule has 1 fully saturated rings. The van der Waals surface area contributed by atoms with Gasteiger partial charge in [0.05, 0.1) is 19.9 Å². The van der Waals surface area contributed by atoms with Gasteiger partial charge in [-0.15, -0.1) is 23.7 Å². The fraction of sp³-hybridized carbons (Fsp3) is 0.412. The number of hydrogen-bond donors (Lipinski definition) is 2. The predicted molar refractivity (Wildman–Crippen MR) is 102 cm³/mol. The fourth-order valence-corrected chi connectivity index (χ4v) is 3.47. The van der Waals surface area contributed by atoms with Gasteiger partial charge in [0.25, 0.3) is 0 Å². The van der Waals surface area contributed by atoms with Gasteiger partial charge < -0.3 is 20.1 Å². The Morgan fingerprint density at radius 3 is 2.64 bits per heavy atom. The number of benzene rings is 1. The lowest BCUT2D eigenvalue weighted by molar-refractivity contribution is -0.120. The lowest BCUT2D eigenvalue weighted by Gasteiger charge is -2.21. The highest BCUT2D eigenvalue weighted by Crippen LogP contribution is 2.33. The number of piperidine rings is 1. The van der Waals surface area contributed by atoms with Gasteiger partial charge in [0, 0.05) is 16.9 Å². The molecule has 0 aliphatic carbocycles. The largest absolute Gasteiger partial charge is 0.493 e. The Hall–Kier alpha value is -1.83. The second kappa shape index (κ2) is 9.03. The lowest BCUT2D eigenvalue weighted by atomic mass is 9.97. The number of ether oxygens (including phenoxy) is 2. The van der Waals surface area contributed by atoms with Crippen LogP contribution in [0.5, 0.6) is 11.5 Å². The molecule has 2 aromatic rings. The third-order valence-electron chi connectivity index (χ3n) is 4.12. The van der Waals surface area contributed by atoms with Gasteiger partial charge in [-0.1, -0.05) is 0 Å². The molecule has 8 heteroatoms. The maximum Gasteiger partial charge on any atom is 0.229 e. The Labute approximate surface area is 157 Å². The molecule has 0 radical (unpaired) electrons. The molecule has 1 aliphatic rings. The molecule has 1 aromatic heterocycles. The van der Waals surface area contributed by atoms with Crippen molar-refractivity contribution in [1.29, 1.82) is 0 Å². The number of halogens is 1. The summed E-state index contributed by atoms with van der Waals surface area (Å²) in [5.41, 5.74) is 1.73. The quantitative estimate of drug-likeness (QED) is 0.829. The number of carbonyl (C=O) groups excluding carboxylic acids is 1. The van der Waals surface area contributed by atoms with Crippen LogP contribution in [0.1, 0.15) is 12.8 Å². The van der Waals surface area contributed by atoms with Gasteiger partial charge in [0.2, 0.25) is 5.91 Å². The minimum absolute atomic E-state index is 0. The van der Waals surface area contributed by atoms with E-state index in [4.69, 9.17) is 9.47 Å². The Morgan fingerprint density at radius 2 is 1.96 bits per heavy atom. The minimum Gasteiger partial charge on any atom is -0.493 e. The molecule has 0 spiro atoms. The number of nitrogens with one attached hydrogen (secondary N) is 2. The molecule has 1 amide bonds. The molecular weight excluding hydrogens is 362 g/mol. The van der Waals surface area contributed by atoms with Gasteiger partial charge in [-0.05, 0) is 44.1 Å². The summed E-state index contributed by atoms with van der Waals surface area (Å²) in [7, 11) is 3.21. The molecule has 1 saturated heterocycles. The standard InChI is InChI=1S/C17H21N3O3S.ClH/c1-22-14-4-3-12(9-15(14)23-2)13-10-24-17(19-13)20-16(21)11-5-7-18-8-6-11;/h3-4,9-11,18H,5-8H2,1-2H3,(H,19,20,21);1H. The fourth-order valence-electron chi connectivity index (χ4n) is 2.75. The van der Waals surface area contributed by atoms with Crippen LogP contribution in [0.15, 0.2) is 23.6 Å². The molecule has 1 aliphatic heterocycles. The average Bonchev–Trinajstić information content (AvgIpc) is 3.10. The first-order valence-electron chi connectivity index (χ1n) is 7.90. The van der Waals surface area contributed by atoms with E-state index in [1.54, 1.807) is 14.2 Å². The van der Waals surface area contributed by atoms with E-state index in [1.807, 2.05) is 23.6 Å². The SMILES string of the molecule is COc1ccc(-c2csc(NC(=O)C3CCNCC3)n2)cc1OC.Cl. The highest BCUT2D eigenvalue weighted by molar-refractivity contribution is 7.14. The number of carbonyl (C=O) groups is 1. The topological polar surface area (TPSA) is 72.5 Å². The van der Waals surface area contributed by atoms with Crippen LogP contribution in [0.4, 0.5) is 5.13 Å². The van der Waals surface area contributed by atoms with Crippen LogP contribution in [0, 0.1) is 5.92 Å². The molecule has 2 N–H and O–H groups in total. The number of nitrogens with zero attached hydrogens (tertiary/aromatic N) is 1. The second-order valence-corrected chi connectivity index (χ2v) is 6.48. The van der Waals surface area contributed by atoms with Crippen molar-refractivity contribution in [3.05, 3.63) is 23.6 Å². The Morgan fingerprint density at radius 1 is 1.24 bits per heavy atom. The first kappa shape index (κ1) is 19.5. The van der Waals surface area contributed by atoms with Crippen LogP contribution in [0.2, 0.25) is 0 Å². The van der Waals surface area contributed by atoms with Gasteiger partial charge in [0.15, 0.2) is 16.6 Å². The normalized spacial score (nSPS) is 14.5. The van der Waals surface area contributed by atoms with Crippen molar-refractivity contribution < 1.29 is 14.3 Å².